The number of hydrogen-bond donors (Lipinski definition) is 1. The van der Waals surface area contributed by atoms with Crippen LogP contribution in [0.15, 0.2) is 78.9 Å². The third kappa shape index (κ3) is 8.37. The number of para-hydroxylation sites is 1. The van der Waals surface area contributed by atoms with E-state index in [0.717, 1.165) is 16.7 Å². The topological polar surface area (TPSA) is 67.9 Å². The second-order valence-electron chi connectivity index (χ2n) is 10.8. The van der Waals surface area contributed by atoms with E-state index in [9.17, 15) is 9.59 Å². The molecule has 38 heavy (non-hydrogen) atoms. The predicted molar refractivity (Wildman–Crippen MR) is 151 cm³/mol. The molecular formula is C32H40N2O4. The largest absolute Gasteiger partial charge is 0.497 e. The average Bonchev–Trinajstić information content (AvgIpc) is 2.89. The number of nitrogens with zero attached hydrogens (tertiary/aromatic N) is 1. The molecule has 202 valence electrons. The summed E-state index contributed by atoms with van der Waals surface area (Å²) in [4.78, 5) is 29.1. The maximum atomic E-state index is 13.8. The summed E-state index contributed by atoms with van der Waals surface area (Å²) in [6, 6.07) is 24.3. The quantitative estimate of drug-likeness (QED) is 0.352. The van der Waals surface area contributed by atoms with Crippen molar-refractivity contribution in [1.29, 1.82) is 0 Å². The molecule has 0 saturated heterocycles. The monoisotopic (exact) mass is 516 g/mol. The van der Waals surface area contributed by atoms with Crippen LogP contribution in [-0.2, 0) is 22.6 Å². The van der Waals surface area contributed by atoms with Crippen LogP contribution in [-0.4, -0.2) is 42.0 Å². The highest BCUT2D eigenvalue weighted by atomic mass is 16.5. The minimum Gasteiger partial charge on any atom is -0.497 e. The van der Waals surface area contributed by atoms with Crippen molar-refractivity contribution in [2.24, 2.45) is 0 Å². The van der Waals surface area contributed by atoms with Crippen LogP contribution in [0.2, 0.25) is 0 Å². The molecule has 0 fully saturated rings. The summed E-state index contributed by atoms with van der Waals surface area (Å²) < 4.78 is 11.5. The molecule has 2 amide bonds. The number of benzene rings is 3. The second-order valence-corrected chi connectivity index (χ2v) is 10.8. The number of amides is 2. The minimum atomic E-state index is -0.737. The lowest BCUT2D eigenvalue weighted by atomic mass is 10.0. The summed E-state index contributed by atoms with van der Waals surface area (Å²) in [6.45, 7) is 10.0. The summed E-state index contributed by atoms with van der Waals surface area (Å²) in [6.07, 6.45) is 0.376. The highest BCUT2D eigenvalue weighted by Crippen LogP contribution is 2.26. The molecule has 0 aliphatic rings. The Morgan fingerprint density at radius 3 is 2.21 bits per heavy atom. The molecule has 1 atom stereocenters. The first kappa shape index (κ1) is 28.8. The van der Waals surface area contributed by atoms with Crippen molar-refractivity contribution >= 4 is 11.8 Å². The summed E-state index contributed by atoms with van der Waals surface area (Å²) in [5.41, 5.74) is 2.41. The lowest BCUT2D eigenvalue weighted by molar-refractivity contribution is -0.143. The van der Waals surface area contributed by atoms with Crippen molar-refractivity contribution in [1.82, 2.24) is 10.2 Å². The Morgan fingerprint density at radius 2 is 1.55 bits per heavy atom. The highest BCUT2D eigenvalue weighted by Gasteiger charge is 2.32. The maximum absolute atomic E-state index is 13.8. The fourth-order valence-corrected chi connectivity index (χ4v) is 4.29. The zero-order chi connectivity index (χ0) is 27.7. The molecule has 0 bridgehead atoms. The number of methoxy groups -OCH3 is 1. The molecule has 6 nitrogen and oxygen atoms in total. The third-order valence-corrected chi connectivity index (χ3v) is 6.15. The van der Waals surface area contributed by atoms with Gasteiger partial charge in [0.25, 0.3) is 5.91 Å². The van der Waals surface area contributed by atoms with Gasteiger partial charge in [0.15, 0.2) is 6.61 Å². The Morgan fingerprint density at radius 1 is 0.895 bits per heavy atom. The van der Waals surface area contributed by atoms with Crippen LogP contribution >= 0.6 is 0 Å². The van der Waals surface area contributed by atoms with Crippen LogP contribution in [0.1, 0.15) is 57.2 Å². The fourth-order valence-electron chi connectivity index (χ4n) is 4.29. The van der Waals surface area contributed by atoms with Crippen molar-refractivity contribution in [3.63, 3.8) is 0 Å². The van der Waals surface area contributed by atoms with E-state index < -0.39 is 11.6 Å². The van der Waals surface area contributed by atoms with Crippen molar-refractivity contribution in [2.75, 3.05) is 13.7 Å². The third-order valence-electron chi connectivity index (χ3n) is 6.15. The second kappa shape index (κ2) is 13.1. The predicted octanol–water partition coefficient (Wildman–Crippen LogP) is 5.75. The Balaban J connectivity index is 1.96. The Labute approximate surface area is 227 Å². The SMILES string of the molecule is COc1cccc(CN(C(=O)COc2ccccc2C(C)C)[C@@H](Cc2ccccc2)C(=O)NC(C)(C)C)c1. The molecule has 0 spiro atoms. The molecule has 3 rings (SSSR count). The molecule has 0 saturated carbocycles. The van der Waals surface area contributed by atoms with Gasteiger partial charge in [-0.05, 0) is 61.6 Å². The van der Waals surface area contributed by atoms with Crippen LogP contribution in [0, 0.1) is 0 Å². The molecule has 3 aromatic carbocycles. The number of ether oxygens (including phenoxy) is 2. The fraction of sp³-hybridized carbons (Fsp3) is 0.375. The van der Waals surface area contributed by atoms with Gasteiger partial charge in [-0.15, -0.1) is 0 Å². The maximum Gasteiger partial charge on any atom is 0.261 e. The smallest absolute Gasteiger partial charge is 0.261 e. The van der Waals surface area contributed by atoms with E-state index in [1.807, 2.05) is 99.6 Å². The Hall–Kier alpha value is -3.80. The molecule has 0 aliphatic heterocycles. The van der Waals surface area contributed by atoms with Gasteiger partial charge in [-0.3, -0.25) is 9.59 Å². The molecule has 6 heteroatoms. The van der Waals surface area contributed by atoms with Gasteiger partial charge in [0.1, 0.15) is 17.5 Å². The van der Waals surface area contributed by atoms with E-state index in [4.69, 9.17) is 9.47 Å². The molecule has 0 radical (unpaired) electrons. The van der Waals surface area contributed by atoms with E-state index in [1.165, 1.54) is 0 Å². The number of hydrogen-bond acceptors (Lipinski definition) is 4. The van der Waals surface area contributed by atoms with E-state index in [2.05, 4.69) is 19.2 Å². The van der Waals surface area contributed by atoms with Crippen molar-refractivity contribution in [3.8, 4) is 11.5 Å². The molecule has 3 aromatic rings. The lowest BCUT2D eigenvalue weighted by Gasteiger charge is -2.34. The lowest BCUT2D eigenvalue weighted by Crippen LogP contribution is -2.55. The average molecular weight is 517 g/mol. The van der Waals surface area contributed by atoms with Gasteiger partial charge in [-0.1, -0.05) is 74.5 Å². The van der Waals surface area contributed by atoms with Gasteiger partial charge in [-0.25, -0.2) is 0 Å². The van der Waals surface area contributed by atoms with Crippen molar-refractivity contribution in [3.05, 3.63) is 95.6 Å². The zero-order valence-electron chi connectivity index (χ0n) is 23.4. The van der Waals surface area contributed by atoms with Crippen LogP contribution in [0.3, 0.4) is 0 Å². The van der Waals surface area contributed by atoms with Crippen LogP contribution < -0.4 is 14.8 Å². The summed E-state index contributed by atoms with van der Waals surface area (Å²) in [5, 5.41) is 3.08. The molecule has 0 unspecified atom stereocenters. The molecule has 0 aliphatic carbocycles. The summed E-state index contributed by atoms with van der Waals surface area (Å²) in [5.74, 6) is 1.14. The standard InChI is InChI=1S/C32H40N2O4/c1-23(2)27-17-10-11-18-29(27)38-22-30(35)34(21-25-15-12-16-26(19-25)37-6)28(31(36)33-32(3,4)5)20-24-13-8-7-9-14-24/h7-19,23,28H,20-22H2,1-6H3,(H,33,36)/t28-/m0/s1. The van der Waals surface area contributed by atoms with Gasteiger partial charge >= 0.3 is 0 Å². The van der Waals surface area contributed by atoms with Crippen LogP contribution in [0.4, 0.5) is 0 Å². The number of nitrogens with one attached hydrogen (secondary N) is 1. The number of carbonyl (C=O) groups is 2. The molecule has 0 aromatic heterocycles. The van der Waals surface area contributed by atoms with Crippen LogP contribution in [0.25, 0.3) is 0 Å². The van der Waals surface area contributed by atoms with Gasteiger partial charge in [0.05, 0.1) is 7.11 Å². The van der Waals surface area contributed by atoms with Gasteiger partial charge in [0.2, 0.25) is 5.91 Å². The summed E-state index contributed by atoms with van der Waals surface area (Å²) >= 11 is 0. The first-order chi connectivity index (χ1) is 18.1. The zero-order valence-corrected chi connectivity index (χ0v) is 23.4. The van der Waals surface area contributed by atoms with E-state index in [0.29, 0.717) is 17.9 Å². The Bertz CT molecular complexity index is 1200. The molecular weight excluding hydrogens is 476 g/mol. The normalized spacial score (nSPS) is 12.1. The highest BCUT2D eigenvalue weighted by molar-refractivity contribution is 5.89. The number of carbonyl (C=O) groups excluding carboxylic acids is 2. The van der Waals surface area contributed by atoms with Gasteiger partial charge in [-0.2, -0.15) is 0 Å². The van der Waals surface area contributed by atoms with E-state index >= 15 is 0 Å². The van der Waals surface area contributed by atoms with Gasteiger partial charge < -0.3 is 19.7 Å². The van der Waals surface area contributed by atoms with Gasteiger partial charge in [0, 0.05) is 18.5 Å². The van der Waals surface area contributed by atoms with Crippen LogP contribution in [0.5, 0.6) is 11.5 Å². The number of rotatable bonds is 11. The van der Waals surface area contributed by atoms with E-state index in [1.54, 1.807) is 12.0 Å². The minimum absolute atomic E-state index is 0.179. The molecule has 1 N–H and O–H groups in total. The van der Waals surface area contributed by atoms with Crippen molar-refractivity contribution in [2.45, 2.75) is 65.1 Å². The first-order valence-electron chi connectivity index (χ1n) is 13.1. The van der Waals surface area contributed by atoms with E-state index in [-0.39, 0.29) is 30.9 Å². The van der Waals surface area contributed by atoms with Crippen molar-refractivity contribution < 1.29 is 19.1 Å². The first-order valence-corrected chi connectivity index (χ1v) is 13.1. The summed E-state index contributed by atoms with van der Waals surface area (Å²) in [7, 11) is 1.61. The molecule has 0 heterocycles. The Kier molecular flexibility index (Phi) is 9.94.